The van der Waals surface area contributed by atoms with Crippen LogP contribution < -0.4 is 14.5 Å². The minimum absolute atomic E-state index is 0.103. The standard InChI is InChI=1S/C13H11F3N2O4S/c1-6-11(22-23)10(12(20)18(2)17-6)8-4-3-7(19)5-9(8)21-13(14,15)16/h3-5,19,23H,1-2H3. The zero-order chi connectivity index (χ0) is 17.4. The summed E-state index contributed by atoms with van der Waals surface area (Å²) >= 11 is 3.62. The van der Waals surface area contributed by atoms with Gasteiger partial charge in [0, 0.05) is 31.6 Å². The number of phenolic OH excluding ortho intramolecular Hbond substituents is 1. The number of hydrogen-bond acceptors (Lipinski definition) is 6. The van der Waals surface area contributed by atoms with E-state index >= 15 is 0 Å². The van der Waals surface area contributed by atoms with Crippen LogP contribution in [-0.4, -0.2) is 21.2 Å². The highest BCUT2D eigenvalue weighted by atomic mass is 32.1. The fraction of sp³-hybridized carbons (Fsp3) is 0.231. The van der Waals surface area contributed by atoms with Crippen molar-refractivity contribution >= 4 is 12.9 Å². The van der Waals surface area contributed by atoms with E-state index in [0.717, 1.165) is 22.9 Å². The summed E-state index contributed by atoms with van der Waals surface area (Å²) in [6.45, 7) is 1.50. The molecule has 1 aromatic carbocycles. The van der Waals surface area contributed by atoms with Crippen LogP contribution in [0.5, 0.6) is 17.2 Å². The summed E-state index contributed by atoms with van der Waals surface area (Å²) in [7, 11) is 1.34. The molecule has 0 unspecified atom stereocenters. The SMILES string of the molecule is Cc1nn(C)c(=O)c(-c2ccc(O)cc2OC(F)(F)F)c1OS. The van der Waals surface area contributed by atoms with Crippen molar-refractivity contribution in [3.8, 4) is 28.4 Å². The number of hydrogen-bond donors (Lipinski definition) is 2. The summed E-state index contributed by atoms with van der Waals surface area (Å²) in [4.78, 5) is 12.3. The summed E-state index contributed by atoms with van der Waals surface area (Å²) in [5.41, 5.74) is -0.898. The Morgan fingerprint density at radius 2 is 2.00 bits per heavy atom. The Balaban J connectivity index is 2.80. The molecule has 124 valence electrons. The van der Waals surface area contributed by atoms with Crippen LogP contribution in [0, 0.1) is 6.92 Å². The third-order valence-electron chi connectivity index (χ3n) is 2.91. The van der Waals surface area contributed by atoms with Gasteiger partial charge in [-0.15, -0.1) is 13.2 Å². The molecule has 0 fully saturated rings. The Labute approximate surface area is 133 Å². The van der Waals surface area contributed by atoms with Gasteiger partial charge in [-0.3, -0.25) is 4.79 Å². The predicted molar refractivity (Wildman–Crippen MR) is 77.6 cm³/mol. The van der Waals surface area contributed by atoms with Crippen molar-refractivity contribution in [1.82, 2.24) is 9.78 Å². The van der Waals surface area contributed by atoms with E-state index < -0.39 is 23.4 Å². The van der Waals surface area contributed by atoms with Crippen LogP contribution in [0.25, 0.3) is 11.1 Å². The topological polar surface area (TPSA) is 73.6 Å². The Morgan fingerprint density at radius 3 is 2.57 bits per heavy atom. The van der Waals surface area contributed by atoms with E-state index in [1.54, 1.807) is 0 Å². The number of halogens is 3. The Kier molecular flexibility index (Phi) is 4.46. The molecule has 1 heterocycles. The molecule has 10 heteroatoms. The van der Waals surface area contributed by atoms with E-state index in [-0.39, 0.29) is 22.6 Å². The molecule has 0 radical (unpaired) electrons. The first-order valence-corrected chi connectivity index (χ1v) is 6.49. The third-order valence-corrected chi connectivity index (χ3v) is 3.10. The molecule has 2 rings (SSSR count). The maximum absolute atomic E-state index is 12.6. The molecule has 2 aromatic rings. The third kappa shape index (κ3) is 3.52. The quantitative estimate of drug-likeness (QED) is 0.659. The summed E-state index contributed by atoms with van der Waals surface area (Å²) < 4.78 is 47.3. The van der Waals surface area contributed by atoms with E-state index in [4.69, 9.17) is 4.18 Å². The van der Waals surface area contributed by atoms with Crippen LogP contribution in [0.1, 0.15) is 5.69 Å². The van der Waals surface area contributed by atoms with E-state index in [9.17, 15) is 23.1 Å². The first-order chi connectivity index (χ1) is 10.6. The van der Waals surface area contributed by atoms with E-state index in [1.807, 2.05) is 0 Å². The number of phenols is 1. The average molecular weight is 348 g/mol. The summed E-state index contributed by atoms with van der Waals surface area (Å²) in [5, 5.41) is 13.3. The number of alkyl halides is 3. The van der Waals surface area contributed by atoms with Crippen LogP contribution in [0.3, 0.4) is 0 Å². The summed E-state index contributed by atoms with van der Waals surface area (Å²) in [5.74, 6) is -1.30. The molecule has 6 nitrogen and oxygen atoms in total. The molecule has 0 amide bonds. The number of nitrogens with zero attached hydrogens (tertiary/aromatic N) is 2. The molecule has 1 aromatic heterocycles. The largest absolute Gasteiger partial charge is 0.573 e. The van der Waals surface area contributed by atoms with E-state index in [0.29, 0.717) is 0 Å². The van der Waals surface area contributed by atoms with Crippen molar-refractivity contribution in [2.75, 3.05) is 0 Å². The van der Waals surface area contributed by atoms with Crippen molar-refractivity contribution in [2.24, 2.45) is 7.05 Å². The van der Waals surface area contributed by atoms with Crippen LogP contribution >= 0.6 is 12.9 Å². The van der Waals surface area contributed by atoms with Crippen LogP contribution in [0.2, 0.25) is 0 Å². The smallest absolute Gasteiger partial charge is 0.508 e. The number of rotatable bonds is 3. The molecule has 0 bridgehead atoms. The van der Waals surface area contributed by atoms with Gasteiger partial charge in [-0.1, -0.05) is 0 Å². The second-order valence-corrected chi connectivity index (χ2v) is 4.72. The van der Waals surface area contributed by atoms with E-state index in [2.05, 4.69) is 22.7 Å². The summed E-state index contributed by atoms with van der Waals surface area (Å²) in [6, 6.07) is 2.99. The lowest BCUT2D eigenvalue weighted by molar-refractivity contribution is -0.274. The fourth-order valence-corrected chi connectivity index (χ4v) is 2.25. The molecular formula is C13H11F3N2O4S. The van der Waals surface area contributed by atoms with Crippen LogP contribution in [-0.2, 0) is 7.05 Å². The van der Waals surface area contributed by atoms with Gasteiger partial charge in [0.15, 0.2) is 5.75 Å². The minimum atomic E-state index is -5.00. The molecule has 0 saturated carbocycles. The monoisotopic (exact) mass is 348 g/mol. The number of aromatic nitrogens is 2. The van der Waals surface area contributed by atoms with Crippen LogP contribution in [0.15, 0.2) is 23.0 Å². The molecule has 0 saturated heterocycles. The van der Waals surface area contributed by atoms with E-state index in [1.165, 1.54) is 14.0 Å². The molecule has 1 N–H and O–H groups in total. The van der Waals surface area contributed by atoms with Gasteiger partial charge in [-0.25, -0.2) is 4.68 Å². The Morgan fingerprint density at radius 1 is 1.35 bits per heavy atom. The maximum atomic E-state index is 12.6. The van der Waals surface area contributed by atoms with Gasteiger partial charge in [0.25, 0.3) is 5.56 Å². The molecule has 23 heavy (non-hydrogen) atoms. The second kappa shape index (κ2) is 6.03. The average Bonchev–Trinajstić information content (AvgIpc) is 2.41. The number of aryl methyl sites for hydroxylation is 2. The van der Waals surface area contributed by atoms with Crippen molar-refractivity contribution in [3.05, 3.63) is 34.2 Å². The highest BCUT2D eigenvalue weighted by molar-refractivity contribution is 7.75. The minimum Gasteiger partial charge on any atom is -0.508 e. The highest BCUT2D eigenvalue weighted by Gasteiger charge is 2.33. The van der Waals surface area contributed by atoms with Crippen molar-refractivity contribution < 1.29 is 27.2 Å². The lowest BCUT2D eigenvalue weighted by atomic mass is 10.0. The van der Waals surface area contributed by atoms with Gasteiger partial charge in [0.05, 0.1) is 5.56 Å². The van der Waals surface area contributed by atoms with Gasteiger partial charge in [-0.05, 0) is 19.1 Å². The van der Waals surface area contributed by atoms with Gasteiger partial charge in [0.1, 0.15) is 17.2 Å². The lowest BCUT2D eigenvalue weighted by Crippen LogP contribution is -2.24. The second-order valence-electron chi connectivity index (χ2n) is 4.54. The molecule has 0 atom stereocenters. The van der Waals surface area contributed by atoms with Crippen molar-refractivity contribution in [1.29, 1.82) is 0 Å². The Bertz CT molecular complexity index is 805. The number of benzene rings is 1. The molecule has 0 aliphatic rings. The lowest BCUT2D eigenvalue weighted by Gasteiger charge is -2.16. The van der Waals surface area contributed by atoms with Gasteiger partial charge in [-0.2, -0.15) is 5.10 Å². The Hall–Kier alpha value is -2.36. The number of ether oxygens (including phenoxy) is 1. The first kappa shape index (κ1) is 17.0. The van der Waals surface area contributed by atoms with Gasteiger partial charge in [0.2, 0.25) is 0 Å². The molecule has 0 aliphatic heterocycles. The number of aromatic hydroxyl groups is 1. The van der Waals surface area contributed by atoms with Gasteiger partial charge < -0.3 is 14.0 Å². The fourth-order valence-electron chi connectivity index (χ4n) is 2.03. The molecular weight excluding hydrogens is 337 g/mol. The first-order valence-electron chi connectivity index (χ1n) is 6.12. The van der Waals surface area contributed by atoms with Crippen molar-refractivity contribution in [3.63, 3.8) is 0 Å². The predicted octanol–water partition coefficient (Wildman–Crippen LogP) is 2.58. The zero-order valence-corrected chi connectivity index (χ0v) is 12.8. The van der Waals surface area contributed by atoms with Crippen molar-refractivity contribution in [2.45, 2.75) is 13.3 Å². The normalized spacial score (nSPS) is 11.4. The molecule has 0 spiro atoms. The zero-order valence-electron chi connectivity index (χ0n) is 11.9. The summed E-state index contributed by atoms with van der Waals surface area (Å²) in [6.07, 6.45) is -5.00. The van der Waals surface area contributed by atoms with Gasteiger partial charge >= 0.3 is 6.36 Å². The maximum Gasteiger partial charge on any atom is 0.573 e. The highest BCUT2D eigenvalue weighted by Crippen LogP contribution is 2.39. The number of thiol groups is 1. The van der Waals surface area contributed by atoms with Crippen LogP contribution in [0.4, 0.5) is 13.2 Å². The molecule has 0 aliphatic carbocycles.